The number of hydrogen-bond acceptors (Lipinski definition) is 2. The lowest BCUT2D eigenvalue weighted by Gasteiger charge is -2.04. The Morgan fingerprint density at radius 1 is 1.55 bits per heavy atom. The van der Waals surface area contributed by atoms with E-state index < -0.39 is 11.8 Å². The number of rotatable bonds is 4. The van der Waals surface area contributed by atoms with Crippen molar-refractivity contribution in [3.8, 4) is 0 Å². The van der Waals surface area contributed by atoms with Crippen molar-refractivity contribution in [1.29, 1.82) is 0 Å². The molecule has 6 heteroatoms. The Morgan fingerprint density at radius 3 is 2.90 bits per heavy atom. The van der Waals surface area contributed by atoms with E-state index in [9.17, 15) is 9.18 Å². The second kappa shape index (κ2) is 5.88. The molecular formula is C14H12ClFN2O2. The largest absolute Gasteiger partial charge is 0.478 e. The summed E-state index contributed by atoms with van der Waals surface area (Å²) in [6.45, 7) is 2.23. The van der Waals surface area contributed by atoms with Crippen LogP contribution in [0.1, 0.15) is 16.8 Å². The fraction of sp³-hybridized carbons (Fsp3) is 0.143. The summed E-state index contributed by atoms with van der Waals surface area (Å²) in [5.41, 5.74) is 1.75. The zero-order chi connectivity index (χ0) is 14.7. The number of aliphatic carboxylic acids is 1. The van der Waals surface area contributed by atoms with Crippen LogP contribution in [0.25, 0.3) is 6.08 Å². The molecule has 0 bridgehead atoms. The van der Waals surface area contributed by atoms with Crippen molar-refractivity contribution >= 4 is 23.6 Å². The summed E-state index contributed by atoms with van der Waals surface area (Å²) >= 11 is 5.92. The van der Waals surface area contributed by atoms with Crippen LogP contribution in [0.4, 0.5) is 4.39 Å². The van der Waals surface area contributed by atoms with E-state index >= 15 is 0 Å². The molecule has 1 aromatic carbocycles. The zero-order valence-electron chi connectivity index (χ0n) is 10.7. The van der Waals surface area contributed by atoms with E-state index in [-0.39, 0.29) is 5.56 Å². The smallest absolute Gasteiger partial charge is 0.328 e. The number of aromatic nitrogens is 2. The van der Waals surface area contributed by atoms with Crippen molar-refractivity contribution in [2.24, 2.45) is 0 Å². The van der Waals surface area contributed by atoms with Crippen molar-refractivity contribution < 1.29 is 14.3 Å². The Balaban J connectivity index is 2.25. The Labute approximate surface area is 120 Å². The highest BCUT2D eigenvalue weighted by Crippen LogP contribution is 2.16. The van der Waals surface area contributed by atoms with Gasteiger partial charge in [0.1, 0.15) is 5.82 Å². The van der Waals surface area contributed by atoms with Gasteiger partial charge in [-0.3, -0.25) is 4.68 Å². The van der Waals surface area contributed by atoms with E-state index in [1.165, 1.54) is 12.1 Å². The number of hydrogen-bond donors (Lipinski definition) is 1. The first-order chi connectivity index (χ1) is 9.45. The molecule has 2 rings (SSSR count). The third kappa shape index (κ3) is 3.45. The standard InChI is InChI=1S/C14H12ClFN2O2/c1-9-12(15)8-18(17-9)7-10-2-4-13(16)11(6-10)3-5-14(19)20/h2-6,8H,7H2,1H3,(H,19,20). The third-order valence-corrected chi connectivity index (χ3v) is 3.07. The molecule has 1 aromatic heterocycles. The lowest BCUT2D eigenvalue weighted by molar-refractivity contribution is -0.131. The summed E-state index contributed by atoms with van der Waals surface area (Å²) in [4.78, 5) is 10.5. The molecule has 0 aliphatic heterocycles. The Hall–Kier alpha value is -2.14. The van der Waals surface area contributed by atoms with Gasteiger partial charge in [0.25, 0.3) is 0 Å². The molecule has 0 aliphatic rings. The maximum absolute atomic E-state index is 13.5. The third-order valence-electron chi connectivity index (χ3n) is 2.70. The summed E-state index contributed by atoms with van der Waals surface area (Å²) in [5, 5.41) is 13.3. The minimum atomic E-state index is -1.12. The first-order valence-electron chi connectivity index (χ1n) is 5.84. The van der Waals surface area contributed by atoms with Crippen LogP contribution in [0.3, 0.4) is 0 Å². The number of benzene rings is 1. The Kier molecular flexibility index (Phi) is 4.20. The topological polar surface area (TPSA) is 55.1 Å². The van der Waals surface area contributed by atoms with E-state index in [0.717, 1.165) is 17.3 Å². The van der Waals surface area contributed by atoms with E-state index in [0.29, 0.717) is 11.6 Å². The van der Waals surface area contributed by atoms with Crippen molar-refractivity contribution in [2.75, 3.05) is 0 Å². The van der Waals surface area contributed by atoms with Crippen molar-refractivity contribution in [1.82, 2.24) is 9.78 Å². The van der Waals surface area contributed by atoms with Gasteiger partial charge in [-0.15, -0.1) is 0 Å². The number of halogens is 2. The lowest BCUT2D eigenvalue weighted by atomic mass is 10.1. The van der Waals surface area contributed by atoms with Crippen LogP contribution in [0.2, 0.25) is 5.02 Å². The first kappa shape index (κ1) is 14.3. The summed E-state index contributed by atoms with van der Waals surface area (Å²) in [6, 6.07) is 4.51. The van der Waals surface area contributed by atoms with E-state index in [2.05, 4.69) is 5.10 Å². The highest BCUT2D eigenvalue weighted by molar-refractivity contribution is 6.31. The number of carbonyl (C=O) groups is 1. The van der Waals surface area contributed by atoms with Crippen LogP contribution in [0.5, 0.6) is 0 Å². The second-order valence-corrected chi connectivity index (χ2v) is 4.69. The van der Waals surface area contributed by atoms with Gasteiger partial charge >= 0.3 is 5.97 Å². The predicted octanol–water partition coefficient (Wildman–Crippen LogP) is 3.13. The number of aryl methyl sites for hydroxylation is 1. The van der Waals surface area contributed by atoms with Crippen molar-refractivity contribution in [3.63, 3.8) is 0 Å². The molecule has 0 fully saturated rings. The Morgan fingerprint density at radius 2 is 2.30 bits per heavy atom. The molecule has 4 nitrogen and oxygen atoms in total. The maximum atomic E-state index is 13.5. The van der Waals surface area contributed by atoms with E-state index in [1.54, 1.807) is 29.9 Å². The second-order valence-electron chi connectivity index (χ2n) is 4.29. The van der Waals surface area contributed by atoms with Crippen LogP contribution in [0, 0.1) is 12.7 Å². The molecular weight excluding hydrogens is 283 g/mol. The molecule has 0 saturated carbocycles. The summed E-state index contributed by atoms with van der Waals surface area (Å²) in [6.07, 6.45) is 3.81. The van der Waals surface area contributed by atoms with Gasteiger partial charge in [-0.05, 0) is 30.7 Å². The van der Waals surface area contributed by atoms with Crippen molar-refractivity contribution in [3.05, 3.63) is 58.1 Å². The molecule has 0 unspecified atom stereocenters. The molecule has 0 radical (unpaired) electrons. The number of carboxylic acid groups (broad SMARTS) is 1. The van der Waals surface area contributed by atoms with Gasteiger partial charge in [0, 0.05) is 17.8 Å². The highest BCUT2D eigenvalue weighted by Gasteiger charge is 2.05. The molecule has 1 N–H and O–H groups in total. The molecule has 20 heavy (non-hydrogen) atoms. The molecule has 2 aromatic rings. The van der Waals surface area contributed by atoms with Gasteiger partial charge in [0.05, 0.1) is 17.3 Å². The molecule has 0 amide bonds. The van der Waals surface area contributed by atoms with Gasteiger partial charge < -0.3 is 5.11 Å². The average molecular weight is 295 g/mol. The lowest BCUT2D eigenvalue weighted by Crippen LogP contribution is -2.01. The van der Waals surface area contributed by atoms with E-state index in [1.807, 2.05) is 0 Å². The molecule has 0 saturated heterocycles. The van der Waals surface area contributed by atoms with Crippen LogP contribution in [-0.4, -0.2) is 20.9 Å². The van der Waals surface area contributed by atoms with Crippen LogP contribution >= 0.6 is 11.6 Å². The minimum Gasteiger partial charge on any atom is -0.478 e. The molecule has 0 aliphatic carbocycles. The highest BCUT2D eigenvalue weighted by atomic mass is 35.5. The fourth-order valence-electron chi connectivity index (χ4n) is 1.74. The van der Waals surface area contributed by atoms with Crippen LogP contribution in [0.15, 0.2) is 30.5 Å². The average Bonchev–Trinajstić information content (AvgIpc) is 2.69. The monoisotopic (exact) mass is 294 g/mol. The molecule has 0 atom stereocenters. The molecule has 0 spiro atoms. The fourth-order valence-corrected chi connectivity index (χ4v) is 1.89. The van der Waals surface area contributed by atoms with Gasteiger partial charge in [-0.1, -0.05) is 17.7 Å². The van der Waals surface area contributed by atoms with Crippen LogP contribution < -0.4 is 0 Å². The SMILES string of the molecule is Cc1nn(Cc2ccc(F)c(C=CC(=O)O)c2)cc1Cl. The normalized spacial score (nSPS) is 11.2. The first-order valence-corrected chi connectivity index (χ1v) is 6.22. The maximum Gasteiger partial charge on any atom is 0.328 e. The summed E-state index contributed by atoms with van der Waals surface area (Å²) < 4.78 is 15.2. The van der Waals surface area contributed by atoms with Gasteiger partial charge in [-0.2, -0.15) is 5.10 Å². The number of nitrogens with zero attached hydrogens (tertiary/aromatic N) is 2. The van der Waals surface area contributed by atoms with Gasteiger partial charge in [0.15, 0.2) is 0 Å². The van der Waals surface area contributed by atoms with E-state index in [4.69, 9.17) is 16.7 Å². The van der Waals surface area contributed by atoms with Gasteiger partial charge in [0.2, 0.25) is 0 Å². The Bertz CT molecular complexity index is 660. The van der Waals surface area contributed by atoms with Gasteiger partial charge in [-0.25, -0.2) is 9.18 Å². The van der Waals surface area contributed by atoms with Crippen LogP contribution in [-0.2, 0) is 11.3 Å². The summed E-state index contributed by atoms with van der Waals surface area (Å²) in [7, 11) is 0. The quantitative estimate of drug-likeness (QED) is 0.882. The zero-order valence-corrected chi connectivity index (χ0v) is 11.4. The van der Waals surface area contributed by atoms with Crippen molar-refractivity contribution in [2.45, 2.75) is 13.5 Å². The minimum absolute atomic E-state index is 0.222. The molecule has 1 heterocycles. The number of carboxylic acids is 1. The summed E-state index contributed by atoms with van der Waals surface area (Å²) in [5.74, 6) is -1.59. The predicted molar refractivity (Wildman–Crippen MR) is 74.1 cm³/mol. The molecule has 104 valence electrons.